The summed E-state index contributed by atoms with van der Waals surface area (Å²) in [4.78, 5) is 25.2. The first kappa shape index (κ1) is 36.6. The average molecular weight is 709 g/mol. The van der Waals surface area contributed by atoms with Gasteiger partial charge in [-0.3, -0.25) is 0 Å². The Morgan fingerprint density at radius 3 is 1.36 bits per heavy atom. The number of hydrogen-bond donors (Lipinski definition) is 2. The van der Waals surface area contributed by atoms with E-state index in [4.69, 9.17) is 18.9 Å². The first-order chi connectivity index (χ1) is 25.8. The highest BCUT2D eigenvalue weighted by atomic mass is 16.6. The second-order valence-corrected chi connectivity index (χ2v) is 12.6. The summed E-state index contributed by atoms with van der Waals surface area (Å²) >= 11 is 0. The second-order valence-electron chi connectivity index (χ2n) is 12.6. The maximum atomic E-state index is 12.6. The standard InChI is InChI=1S/C45H40O8/c1-3-32-7-5-9-34-24-36(15-21-42(32)34)44(48)52-28-38(46)26-50-40-17-11-30(12-18-40)23-31-13-19-41(20-14-31)51-27-39(47)29-53-45(49)37-16-22-43-33(4-2)8-6-10-35(43)25-37/h3-22,24-25,38-39,46-47H,1-2,23,26-29H2. The van der Waals surface area contributed by atoms with E-state index in [-0.39, 0.29) is 26.4 Å². The summed E-state index contributed by atoms with van der Waals surface area (Å²) < 4.78 is 22.1. The molecule has 8 nitrogen and oxygen atoms in total. The van der Waals surface area contributed by atoms with Gasteiger partial charge in [-0.15, -0.1) is 0 Å². The lowest BCUT2D eigenvalue weighted by molar-refractivity contribution is 0.0127. The van der Waals surface area contributed by atoms with Gasteiger partial charge in [0.05, 0.1) is 11.1 Å². The van der Waals surface area contributed by atoms with Gasteiger partial charge in [-0.2, -0.15) is 0 Å². The molecule has 0 bridgehead atoms. The first-order valence-corrected chi connectivity index (χ1v) is 17.2. The average Bonchev–Trinajstić information content (AvgIpc) is 3.20. The van der Waals surface area contributed by atoms with Gasteiger partial charge in [-0.05, 0) is 98.8 Å². The molecule has 0 spiro atoms. The Balaban J connectivity index is 0.894. The highest BCUT2D eigenvalue weighted by Gasteiger charge is 2.15. The van der Waals surface area contributed by atoms with Crippen molar-refractivity contribution in [1.82, 2.24) is 0 Å². The molecule has 6 aromatic rings. The predicted octanol–water partition coefficient (Wildman–Crippen LogP) is 8.06. The van der Waals surface area contributed by atoms with E-state index in [1.807, 2.05) is 97.1 Å². The molecule has 2 atom stereocenters. The minimum Gasteiger partial charge on any atom is -0.491 e. The first-order valence-electron chi connectivity index (χ1n) is 17.2. The van der Waals surface area contributed by atoms with E-state index in [0.717, 1.165) is 43.8 Å². The van der Waals surface area contributed by atoms with E-state index in [0.29, 0.717) is 29.0 Å². The zero-order valence-electron chi connectivity index (χ0n) is 29.2. The summed E-state index contributed by atoms with van der Waals surface area (Å²) in [6, 6.07) is 37.3. The Bertz CT molecular complexity index is 2060. The van der Waals surface area contributed by atoms with Crippen LogP contribution in [0.3, 0.4) is 0 Å². The van der Waals surface area contributed by atoms with Crippen LogP contribution in [-0.2, 0) is 15.9 Å². The number of ether oxygens (including phenoxy) is 4. The van der Waals surface area contributed by atoms with Crippen molar-refractivity contribution in [3.05, 3.63) is 168 Å². The summed E-state index contributed by atoms with van der Waals surface area (Å²) in [5.74, 6) is 0.129. The van der Waals surface area contributed by atoms with Crippen molar-refractivity contribution in [3.63, 3.8) is 0 Å². The van der Waals surface area contributed by atoms with Crippen molar-refractivity contribution in [1.29, 1.82) is 0 Å². The summed E-state index contributed by atoms with van der Waals surface area (Å²) in [5, 5.41) is 24.5. The molecule has 0 saturated heterocycles. The topological polar surface area (TPSA) is 112 Å². The van der Waals surface area contributed by atoms with Crippen LogP contribution < -0.4 is 9.47 Å². The molecule has 0 heterocycles. The third-order valence-electron chi connectivity index (χ3n) is 8.69. The lowest BCUT2D eigenvalue weighted by Crippen LogP contribution is -2.25. The molecular formula is C45H40O8. The molecule has 0 amide bonds. The van der Waals surface area contributed by atoms with Gasteiger partial charge in [0.25, 0.3) is 0 Å². The zero-order chi connectivity index (χ0) is 37.2. The fourth-order valence-electron chi connectivity index (χ4n) is 5.86. The van der Waals surface area contributed by atoms with E-state index >= 15 is 0 Å². The van der Waals surface area contributed by atoms with Crippen molar-refractivity contribution in [2.24, 2.45) is 0 Å². The van der Waals surface area contributed by atoms with Crippen LogP contribution in [0.2, 0.25) is 0 Å². The fraction of sp³-hybridized carbons (Fsp3) is 0.156. The normalized spacial score (nSPS) is 12.1. The molecule has 6 rings (SSSR count). The number of hydrogen-bond acceptors (Lipinski definition) is 8. The number of fused-ring (bicyclic) bond motifs is 2. The summed E-state index contributed by atoms with van der Waals surface area (Å²) in [7, 11) is 0. The molecule has 2 unspecified atom stereocenters. The van der Waals surface area contributed by atoms with E-state index in [1.165, 1.54) is 0 Å². The van der Waals surface area contributed by atoms with Crippen LogP contribution in [0.1, 0.15) is 43.0 Å². The molecule has 53 heavy (non-hydrogen) atoms. The molecule has 0 aliphatic carbocycles. The zero-order valence-corrected chi connectivity index (χ0v) is 29.2. The number of benzene rings is 6. The molecule has 268 valence electrons. The molecule has 0 saturated carbocycles. The molecular weight excluding hydrogens is 668 g/mol. The Kier molecular flexibility index (Phi) is 12.0. The van der Waals surface area contributed by atoms with Crippen LogP contribution in [0, 0.1) is 0 Å². The van der Waals surface area contributed by atoms with Crippen LogP contribution in [0.15, 0.2) is 134 Å². The largest absolute Gasteiger partial charge is 0.491 e. The van der Waals surface area contributed by atoms with Crippen molar-refractivity contribution < 1.29 is 38.7 Å². The lowest BCUT2D eigenvalue weighted by Gasteiger charge is -2.14. The number of carbonyl (C=O) groups excluding carboxylic acids is 2. The lowest BCUT2D eigenvalue weighted by atomic mass is 10.0. The number of aliphatic hydroxyl groups excluding tert-OH is 2. The molecule has 0 aromatic heterocycles. The number of rotatable bonds is 16. The van der Waals surface area contributed by atoms with Gasteiger partial charge in [0.15, 0.2) is 0 Å². The van der Waals surface area contributed by atoms with Crippen LogP contribution in [0.25, 0.3) is 33.7 Å². The number of esters is 2. The van der Waals surface area contributed by atoms with Crippen LogP contribution in [-0.4, -0.2) is 60.8 Å². The minimum absolute atomic E-state index is 0.0345. The number of carbonyl (C=O) groups is 2. The Morgan fingerprint density at radius 1 is 0.547 bits per heavy atom. The summed E-state index contributed by atoms with van der Waals surface area (Å²) in [6.45, 7) is 7.19. The highest BCUT2D eigenvalue weighted by molar-refractivity contribution is 5.99. The molecule has 2 N–H and O–H groups in total. The van der Waals surface area contributed by atoms with Gasteiger partial charge in [0, 0.05) is 0 Å². The third kappa shape index (κ3) is 9.56. The van der Waals surface area contributed by atoms with E-state index < -0.39 is 24.1 Å². The van der Waals surface area contributed by atoms with Crippen molar-refractivity contribution >= 4 is 45.6 Å². The van der Waals surface area contributed by atoms with Gasteiger partial charge in [-0.25, -0.2) is 9.59 Å². The van der Waals surface area contributed by atoms with Crippen LogP contribution in [0.4, 0.5) is 0 Å². The Morgan fingerprint density at radius 2 is 0.962 bits per heavy atom. The fourth-order valence-corrected chi connectivity index (χ4v) is 5.86. The molecule has 0 aliphatic heterocycles. The van der Waals surface area contributed by atoms with Gasteiger partial charge in [-0.1, -0.05) is 98.1 Å². The van der Waals surface area contributed by atoms with Gasteiger partial charge >= 0.3 is 11.9 Å². The van der Waals surface area contributed by atoms with Crippen LogP contribution in [0.5, 0.6) is 11.5 Å². The quantitative estimate of drug-likeness (QED) is 0.0972. The minimum atomic E-state index is -0.995. The van der Waals surface area contributed by atoms with Crippen LogP contribution >= 0.6 is 0 Å². The van der Waals surface area contributed by atoms with E-state index in [2.05, 4.69) is 13.2 Å². The van der Waals surface area contributed by atoms with Crippen molar-refractivity contribution in [2.75, 3.05) is 26.4 Å². The van der Waals surface area contributed by atoms with Gasteiger partial charge in [0.1, 0.15) is 50.1 Å². The van der Waals surface area contributed by atoms with E-state index in [1.54, 1.807) is 36.4 Å². The highest BCUT2D eigenvalue weighted by Crippen LogP contribution is 2.24. The van der Waals surface area contributed by atoms with Gasteiger partial charge < -0.3 is 29.2 Å². The van der Waals surface area contributed by atoms with Crippen molar-refractivity contribution in [3.8, 4) is 11.5 Å². The predicted molar refractivity (Wildman–Crippen MR) is 207 cm³/mol. The maximum Gasteiger partial charge on any atom is 0.338 e. The summed E-state index contributed by atoms with van der Waals surface area (Å²) in [5.41, 5.74) is 4.89. The summed E-state index contributed by atoms with van der Waals surface area (Å²) in [6.07, 6.45) is 2.23. The Hall–Kier alpha value is -6.22. The second kappa shape index (κ2) is 17.3. The van der Waals surface area contributed by atoms with Crippen molar-refractivity contribution in [2.45, 2.75) is 18.6 Å². The molecule has 0 radical (unpaired) electrons. The maximum absolute atomic E-state index is 12.6. The molecule has 0 aliphatic rings. The number of aliphatic hydroxyl groups is 2. The molecule has 0 fully saturated rings. The monoisotopic (exact) mass is 708 g/mol. The van der Waals surface area contributed by atoms with E-state index in [9.17, 15) is 19.8 Å². The Labute approximate surface area is 308 Å². The third-order valence-corrected chi connectivity index (χ3v) is 8.69. The smallest absolute Gasteiger partial charge is 0.338 e. The van der Waals surface area contributed by atoms with Gasteiger partial charge in [0.2, 0.25) is 0 Å². The molecule has 6 aromatic carbocycles. The molecule has 8 heteroatoms. The SMILES string of the molecule is C=Cc1cccc2cc(C(=O)OCC(O)COc3ccc(Cc4ccc(OCC(O)COC(=O)c5ccc6c(C=C)cccc6c5)cc4)cc3)ccc12.